The monoisotopic (exact) mass is 339 g/mol. The molecule has 0 heterocycles. The van der Waals surface area contributed by atoms with Crippen molar-refractivity contribution in [2.75, 3.05) is 5.32 Å². The van der Waals surface area contributed by atoms with Gasteiger partial charge in [0.2, 0.25) is 0 Å². The molecule has 0 aliphatic rings. The highest BCUT2D eigenvalue weighted by Gasteiger charge is 2.31. The van der Waals surface area contributed by atoms with Crippen molar-refractivity contribution >= 4 is 81.2 Å². The number of nitrogens with one attached hydrogen (secondary N) is 1. The minimum Gasteiger partial charge on any atom is -0.320 e. The van der Waals surface area contributed by atoms with Crippen molar-refractivity contribution in [2.24, 2.45) is 0 Å². The highest BCUT2D eigenvalue weighted by molar-refractivity contribution is 6.77. The standard InChI is InChI=1S/C8H3Cl6NO/c9-3-1-4(10)6(5(11)2-3)15-7(16)8(12,13)14/h1-2H,(H,15,16). The second-order valence-corrected chi connectivity index (χ2v) is 6.23. The Kier molecular flexibility index (Phi) is 4.88. The number of amides is 1. The van der Waals surface area contributed by atoms with E-state index in [1.807, 2.05) is 0 Å². The normalized spacial score (nSPS) is 11.4. The van der Waals surface area contributed by atoms with E-state index in [-0.39, 0.29) is 15.7 Å². The minimum atomic E-state index is -2.09. The molecule has 0 atom stereocenters. The van der Waals surface area contributed by atoms with Gasteiger partial charge in [-0.25, -0.2) is 0 Å². The number of halogens is 6. The number of benzene rings is 1. The lowest BCUT2D eigenvalue weighted by atomic mass is 10.3. The van der Waals surface area contributed by atoms with E-state index in [0.29, 0.717) is 5.02 Å². The molecule has 1 N–H and O–H groups in total. The third-order valence-electron chi connectivity index (χ3n) is 1.50. The molecule has 0 aliphatic heterocycles. The van der Waals surface area contributed by atoms with E-state index >= 15 is 0 Å². The molecule has 1 aromatic carbocycles. The van der Waals surface area contributed by atoms with Crippen LogP contribution >= 0.6 is 69.6 Å². The zero-order valence-electron chi connectivity index (χ0n) is 7.33. The summed E-state index contributed by atoms with van der Waals surface area (Å²) < 4.78 is -2.09. The Bertz CT molecular complexity index is 404. The van der Waals surface area contributed by atoms with Gasteiger partial charge in [-0.15, -0.1) is 0 Å². The molecule has 0 bridgehead atoms. The number of carbonyl (C=O) groups is 1. The van der Waals surface area contributed by atoms with Crippen LogP contribution in [0.4, 0.5) is 5.69 Å². The molecule has 88 valence electrons. The van der Waals surface area contributed by atoms with Gasteiger partial charge >= 0.3 is 0 Å². The number of hydrogen-bond donors (Lipinski definition) is 1. The summed E-state index contributed by atoms with van der Waals surface area (Å²) in [6.45, 7) is 0. The molecule has 8 heteroatoms. The molecular formula is C8H3Cl6NO. The third kappa shape index (κ3) is 3.73. The first-order valence-corrected chi connectivity index (χ1v) is 6.01. The van der Waals surface area contributed by atoms with Gasteiger partial charge in [-0.3, -0.25) is 4.79 Å². The van der Waals surface area contributed by atoms with E-state index < -0.39 is 9.70 Å². The van der Waals surface area contributed by atoms with Crippen LogP contribution in [0.3, 0.4) is 0 Å². The van der Waals surface area contributed by atoms with Crippen molar-refractivity contribution in [3.8, 4) is 0 Å². The Labute approximate surface area is 122 Å². The second-order valence-electron chi connectivity index (χ2n) is 2.70. The van der Waals surface area contributed by atoms with Gasteiger partial charge < -0.3 is 5.32 Å². The number of carbonyl (C=O) groups excluding carboxylic acids is 1. The van der Waals surface area contributed by atoms with Crippen molar-refractivity contribution in [1.29, 1.82) is 0 Å². The van der Waals surface area contributed by atoms with Gasteiger partial charge in [-0.05, 0) is 12.1 Å². The first-order valence-electron chi connectivity index (χ1n) is 3.74. The van der Waals surface area contributed by atoms with Gasteiger partial charge in [0.1, 0.15) is 0 Å². The Hall–Kier alpha value is 0.430. The minimum absolute atomic E-state index is 0.143. The SMILES string of the molecule is O=C(Nc1c(Cl)cc(Cl)cc1Cl)C(Cl)(Cl)Cl. The largest absolute Gasteiger partial charge is 0.320 e. The summed E-state index contributed by atoms with van der Waals surface area (Å²) in [6, 6.07) is 2.81. The number of rotatable bonds is 1. The Morgan fingerprint density at radius 3 is 1.88 bits per heavy atom. The van der Waals surface area contributed by atoms with Crippen LogP contribution in [0.2, 0.25) is 15.1 Å². The van der Waals surface area contributed by atoms with Crippen molar-refractivity contribution in [2.45, 2.75) is 3.79 Å². The molecule has 1 amide bonds. The molecule has 1 rings (SSSR count). The molecule has 0 radical (unpaired) electrons. The zero-order valence-corrected chi connectivity index (χ0v) is 11.9. The molecule has 16 heavy (non-hydrogen) atoms. The van der Waals surface area contributed by atoms with Gasteiger partial charge in [0, 0.05) is 5.02 Å². The second kappa shape index (κ2) is 5.38. The van der Waals surface area contributed by atoms with E-state index in [1.165, 1.54) is 12.1 Å². The summed E-state index contributed by atoms with van der Waals surface area (Å²) in [5, 5.41) is 2.93. The van der Waals surface area contributed by atoms with Gasteiger partial charge in [0.15, 0.2) is 0 Å². The van der Waals surface area contributed by atoms with Crippen molar-refractivity contribution in [1.82, 2.24) is 0 Å². The third-order valence-corrected chi connectivity index (χ3v) is 2.83. The van der Waals surface area contributed by atoms with Gasteiger partial charge in [0.25, 0.3) is 9.70 Å². The average Bonchev–Trinajstić information content (AvgIpc) is 2.08. The summed E-state index contributed by atoms with van der Waals surface area (Å²) in [6.07, 6.45) is 0. The summed E-state index contributed by atoms with van der Waals surface area (Å²) in [5.41, 5.74) is 0.143. The maximum absolute atomic E-state index is 11.4. The maximum Gasteiger partial charge on any atom is 0.276 e. The predicted octanol–water partition coefficient (Wildman–Crippen LogP) is 4.96. The van der Waals surface area contributed by atoms with Crippen LogP contribution in [0.5, 0.6) is 0 Å². The van der Waals surface area contributed by atoms with Crippen LogP contribution in [0.15, 0.2) is 12.1 Å². The fourth-order valence-corrected chi connectivity index (χ4v) is 1.90. The van der Waals surface area contributed by atoms with Crippen molar-refractivity contribution < 1.29 is 4.79 Å². The molecule has 0 fully saturated rings. The molecule has 0 saturated carbocycles. The molecule has 0 saturated heterocycles. The molecule has 0 unspecified atom stereocenters. The zero-order chi connectivity index (χ0) is 12.5. The smallest absolute Gasteiger partial charge is 0.276 e. The van der Waals surface area contributed by atoms with Crippen LogP contribution in [0.25, 0.3) is 0 Å². The Balaban J connectivity index is 3.03. The van der Waals surface area contributed by atoms with Crippen LogP contribution in [0, 0.1) is 0 Å². The van der Waals surface area contributed by atoms with Gasteiger partial charge in [-0.1, -0.05) is 69.6 Å². The van der Waals surface area contributed by atoms with Crippen molar-refractivity contribution in [3.05, 3.63) is 27.2 Å². The number of alkyl halides is 3. The predicted molar refractivity (Wildman–Crippen MR) is 70.4 cm³/mol. The average molecular weight is 342 g/mol. The summed E-state index contributed by atoms with van der Waals surface area (Å²) in [4.78, 5) is 11.4. The van der Waals surface area contributed by atoms with Crippen LogP contribution in [0.1, 0.15) is 0 Å². The number of anilines is 1. The van der Waals surface area contributed by atoms with E-state index in [0.717, 1.165) is 0 Å². The van der Waals surface area contributed by atoms with Gasteiger partial charge in [0.05, 0.1) is 15.7 Å². The summed E-state index contributed by atoms with van der Waals surface area (Å²) >= 11 is 33.4. The highest BCUT2D eigenvalue weighted by atomic mass is 35.6. The first kappa shape index (κ1) is 14.5. The first-order chi connectivity index (χ1) is 7.21. The topological polar surface area (TPSA) is 29.1 Å². The van der Waals surface area contributed by atoms with Crippen molar-refractivity contribution in [3.63, 3.8) is 0 Å². The highest BCUT2D eigenvalue weighted by Crippen LogP contribution is 2.35. The van der Waals surface area contributed by atoms with Gasteiger partial charge in [-0.2, -0.15) is 0 Å². The molecular weight excluding hydrogens is 339 g/mol. The van der Waals surface area contributed by atoms with E-state index in [2.05, 4.69) is 5.32 Å². The van der Waals surface area contributed by atoms with E-state index in [1.54, 1.807) is 0 Å². The summed E-state index contributed by atoms with van der Waals surface area (Å²) in [5.74, 6) is -0.858. The van der Waals surface area contributed by atoms with Crippen LogP contribution in [-0.4, -0.2) is 9.70 Å². The molecule has 0 spiro atoms. The molecule has 0 aliphatic carbocycles. The lowest BCUT2D eigenvalue weighted by molar-refractivity contribution is -0.115. The number of hydrogen-bond acceptors (Lipinski definition) is 1. The lowest BCUT2D eigenvalue weighted by Gasteiger charge is -2.13. The molecule has 2 nitrogen and oxygen atoms in total. The molecule has 1 aromatic rings. The van der Waals surface area contributed by atoms with Crippen LogP contribution < -0.4 is 5.32 Å². The fraction of sp³-hybridized carbons (Fsp3) is 0.125. The fourth-order valence-electron chi connectivity index (χ4n) is 0.846. The lowest BCUT2D eigenvalue weighted by Crippen LogP contribution is -2.27. The van der Waals surface area contributed by atoms with Crippen LogP contribution in [-0.2, 0) is 4.79 Å². The van der Waals surface area contributed by atoms with E-state index in [9.17, 15) is 4.79 Å². The Morgan fingerprint density at radius 1 is 1.06 bits per heavy atom. The van der Waals surface area contributed by atoms with E-state index in [4.69, 9.17) is 69.6 Å². The molecule has 0 aromatic heterocycles. The summed E-state index contributed by atoms with van der Waals surface area (Å²) in [7, 11) is 0. The quantitative estimate of drug-likeness (QED) is 0.719. The Morgan fingerprint density at radius 2 is 1.50 bits per heavy atom. The maximum atomic E-state index is 11.4.